The van der Waals surface area contributed by atoms with Crippen LogP contribution in [0.5, 0.6) is 0 Å². The Bertz CT molecular complexity index is 329. The third-order valence-corrected chi connectivity index (χ3v) is 3.64. The summed E-state index contributed by atoms with van der Waals surface area (Å²) in [6.45, 7) is 2.58. The molecule has 1 fully saturated rings. The van der Waals surface area contributed by atoms with Crippen LogP contribution in [0.2, 0.25) is 0 Å². The first kappa shape index (κ1) is 12.7. The Hall–Kier alpha value is -0.800. The van der Waals surface area contributed by atoms with E-state index in [0.29, 0.717) is 6.54 Å². The van der Waals surface area contributed by atoms with Crippen LogP contribution in [0, 0.1) is 5.92 Å². The summed E-state index contributed by atoms with van der Waals surface area (Å²) in [4.78, 5) is 2.37. The van der Waals surface area contributed by atoms with Crippen LogP contribution < -0.4 is 5.73 Å². The van der Waals surface area contributed by atoms with Crippen LogP contribution in [0.1, 0.15) is 43.6 Å². The van der Waals surface area contributed by atoms with Crippen molar-refractivity contribution in [3.63, 3.8) is 0 Å². The molecule has 1 aliphatic rings. The van der Waals surface area contributed by atoms with Crippen molar-refractivity contribution in [2.75, 3.05) is 13.6 Å². The van der Waals surface area contributed by atoms with Gasteiger partial charge in [0.1, 0.15) is 11.5 Å². The predicted octanol–water partition coefficient (Wildman–Crippen LogP) is 2.75. The highest BCUT2D eigenvalue weighted by molar-refractivity contribution is 5.06. The fraction of sp³-hybridized carbons (Fsp3) is 0.714. The highest BCUT2D eigenvalue weighted by Gasteiger charge is 2.16. The Balaban J connectivity index is 1.77. The van der Waals surface area contributed by atoms with Crippen LogP contribution in [0.4, 0.5) is 0 Å². The van der Waals surface area contributed by atoms with Crippen LogP contribution in [0.3, 0.4) is 0 Å². The molecule has 3 nitrogen and oxygen atoms in total. The molecule has 0 aromatic carbocycles. The Morgan fingerprint density at radius 2 is 1.94 bits per heavy atom. The minimum Gasteiger partial charge on any atom is -0.463 e. The van der Waals surface area contributed by atoms with Crippen molar-refractivity contribution in [3.8, 4) is 0 Å². The zero-order valence-corrected chi connectivity index (χ0v) is 10.8. The van der Waals surface area contributed by atoms with Crippen molar-refractivity contribution in [1.29, 1.82) is 0 Å². The minimum atomic E-state index is 0.492. The molecule has 0 spiro atoms. The van der Waals surface area contributed by atoms with E-state index < -0.39 is 0 Å². The van der Waals surface area contributed by atoms with E-state index in [1.807, 2.05) is 12.1 Å². The summed E-state index contributed by atoms with van der Waals surface area (Å²) in [6, 6.07) is 4.02. The maximum absolute atomic E-state index is 5.63. The normalized spacial score (nSPS) is 17.8. The number of furan rings is 1. The van der Waals surface area contributed by atoms with Gasteiger partial charge in [-0.3, -0.25) is 4.90 Å². The van der Waals surface area contributed by atoms with Crippen LogP contribution >= 0.6 is 0 Å². The lowest BCUT2D eigenvalue weighted by Crippen LogP contribution is -2.26. The molecular weight excluding hydrogens is 212 g/mol. The summed E-state index contributed by atoms with van der Waals surface area (Å²) in [6.07, 6.45) is 7.05. The van der Waals surface area contributed by atoms with Gasteiger partial charge in [-0.2, -0.15) is 0 Å². The second kappa shape index (κ2) is 6.22. The predicted molar refractivity (Wildman–Crippen MR) is 69.5 cm³/mol. The molecule has 0 saturated heterocycles. The highest BCUT2D eigenvalue weighted by atomic mass is 16.3. The maximum Gasteiger partial charge on any atom is 0.118 e. The molecule has 1 aromatic rings. The van der Waals surface area contributed by atoms with Crippen LogP contribution in [-0.4, -0.2) is 18.5 Å². The van der Waals surface area contributed by atoms with Crippen LogP contribution in [0.25, 0.3) is 0 Å². The Kier molecular flexibility index (Phi) is 4.63. The molecule has 0 bridgehead atoms. The summed E-state index contributed by atoms with van der Waals surface area (Å²) < 4.78 is 5.63. The Morgan fingerprint density at radius 3 is 2.59 bits per heavy atom. The van der Waals surface area contributed by atoms with Crippen molar-refractivity contribution < 1.29 is 4.42 Å². The van der Waals surface area contributed by atoms with E-state index >= 15 is 0 Å². The van der Waals surface area contributed by atoms with Crippen LogP contribution in [0.15, 0.2) is 16.5 Å². The molecule has 1 aromatic heterocycles. The van der Waals surface area contributed by atoms with E-state index in [1.165, 1.54) is 38.6 Å². The molecule has 0 radical (unpaired) electrons. The number of rotatable bonds is 5. The first-order chi connectivity index (χ1) is 8.28. The van der Waals surface area contributed by atoms with E-state index in [2.05, 4.69) is 11.9 Å². The summed E-state index contributed by atoms with van der Waals surface area (Å²) in [7, 11) is 2.18. The molecule has 3 heteroatoms. The summed E-state index contributed by atoms with van der Waals surface area (Å²) in [5.41, 5.74) is 5.54. The fourth-order valence-electron chi connectivity index (χ4n) is 2.76. The average molecular weight is 236 g/mol. The SMILES string of the molecule is CN(Cc1ccc(CN)o1)CC1CCCCC1. The zero-order chi connectivity index (χ0) is 12.1. The summed E-state index contributed by atoms with van der Waals surface area (Å²) in [5.74, 6) is 2.80. The first-order valence-electron chi connectivity index (χ1n) is 6.74. The molecule has 2 rings (SSSR count). The quantitative estimate of drug-likeness (QED) is 0.854. The molecule has 0 unspecified atom stereocenters. The van der Waals surface area contributed by atoms with E-state index in [1.54, 1.807) is 0 Å². The van der Waals surface area contributed by atoms with E-state index in [-0.39, 0.29) is 0 Å². The van der Waals surface area contributed by atoms with Gasteiger partial charge in [0, 0.05) is 6.54 Å². The van der Waals surface area contributed by atoms with Gasteiger partial charge >= 0.3 is 0 Å². The summed E-state index contributed by atoms with van der Waals surface area (Å²) >= 11 is 0. The highest BCUT2D eigenvalue weighted by Crippen LogP contribution is 2.24. The van der Waals surface area contributed by atoms with Crippen molar-refractivity contribution >= 4 is 0 Å². The standard InChI is InChI=1S/C14H24N2O/c1-16(10-12-5-3-2-4-6-12)11-14-8-7-13(9-15)17-14/h7-8,12H,2-6,9-11,15H2,1H3. The van der Waals surface area contributed by atoms with Crippen LogP contribution in [-0.2, 0) is 13.1 Å². The molecule has 17 heavy (non-hydrogen) atoms. The molecule has 0 amide bonds. The van der Waals surface area contributed by atoms with Crippen molar-refractivity contribution in [1.82, 2.24) is 4.90 Å². The molecule has 0 atom stereocenters. The van der Waals surface area contributed by atoms with E-state index in [0.717, 1.165) is 24.0 Å². The summed E-state index contributed by atoms with van der Waals surface area (Å²) in [5, 5.41) is 0. The van der Waals surface area contributed by atoms with Gasteiger partial charge in [0.05, 0.1) is 13.1 Å². The third kappa shape index (κ3) is 3.86. The van der Waals surface area contributed by atoms with E-state index in [9.17, 15) is 0 Å². The van der Waals surface area contributed by atoms with E-state index in [4.69, 9.17) is 10.2 Å². The molecule has 2 N–H and O–H groups in total. The van der Waals surface area contributed by atoms with Gasteiger partial charge in [-0.1, -0.05) is 19.3 Å². The topological polar surface area (TPSA) is 42.4 Å². The van der Waals surface area contributed by atoms with Gasteiger partial charge in [0.2, 0.25) is 0 Å². The lowest BCUT2D eigenvalue weighted by Gasteiger charge is -2.26. The fourth-order valence-corrected chi connectivity index (χ4v) is 2.76. The van der Waals surface area contributed by atoms with Gasteiger partial charge in [-0.15, -0.1) is 0 Å². The van der Waals surface area contributed by atoms with Gasteiger partial charge in [0.25, 0.3) is 0 Å². The molecule has 96 valence electrons. The Labute approximate surface area is 104 Å². The number of nitrogens with zero attached hydrogens (tertiary/aromatic N) is 1. The lowest BCUT2D eigenvalue weighted by atomic mass is 9.89. The first-order valence-corrected chi connectivity index (χ1v) is 6.74. The Morgan fingerprint density at radius 1 is 1.24 bits per heavy atom. The molecule has 1 saturated carbocycles. The minimum absolute atomic E-state index is 0.492. The molecule has 0 aliphatic heterocycles. The number of hydrogen-bond donors (Lipinski definition) is 1. The van der Waals surface area contributed by atoms with Crippen molar-refractivity contribution in [3.05, 3.63) is 23.7 Å². The lowest BCUT2D eigenvalue weighted by molar-refractivity contribution is 0.215. The number of nitrogens with two attached hydrogens (primary N) is 1. The molecular formula is C14H24N2O. The average Bonchev–Trinajstić information content (AvgIpc) is 2.78. The smallest absolute Gasteiger partial charge is 0.118 e. The number of hydrogen-bond acceptors (Lipinski definition) is 3. The maximum atomic E-state index is 5.63. The van der Waals surface area contributed by atoms with Crippen molar-refractivity contribution in [2.45, 2.75) is 45.2 Å². The van der Waals surface area contributed by atoms with Crippen molar-refractivity contribution in [2.24, 2.45) is 11.7 Å². The monoisotopic (exact) mass is 236 g/mol. The van der Waals surface area contributed by atoms with Gasteiger partial charge < -0.3 is 10.2 Å². The van der Waals surface area contributed by atoms with Gasteiger partial charge in [0.15, 0.2) is 0 Å². The molecule has 1 aliphatic carbocycles. The largest absolute Gasteiger partial charge is 0.463 e. The van der Waals surface area contributed by atoms with Gasteiger partial charge in [-0.25, -0.2) is 0 Å². The zero-order valence-electron chi connectivity index (χ0n) is 10.8. The second-order valence-electron chi connectivity index (χ2n) is 5.27. The third-order valence-electron chi connectivity index (χ3n) is 3.64. The molecule has 1 heterocycles. The second-order valence-corrected chi connectivity index (χ2v) is 5.27. The van der Waals surface area contributed by atoms with Gasteiger partial charge in [-0.05, 0) is 37.9 Å².